The highest BCUT2D eigenvalue weighted by atomic mass is 16.5. The van der Waals surface area contributed by atoms with Gasteiger partial charge in [0, 0.05) is 19.1 Å². The van der Waals surface area contributed by atoms with E-state index in [0.717, 1.165) is 0 Å². The molecule has 1 heterocycles. The number of carbonyl (C=O) groups is 3. The molecule has 0 bridgehead atoms. The highest BCUT2D eigenvalue weighted by molar-refractivity contribution is 5.96. The maximum Gasteiger partial charge on any atom is 0.324 e. The zero-order chi connectivity index (χ0) is 14.4. The van der Waals surface area contributed by atoms with Gasteiger partial charge in [-0.1, -0.05) is 0 Å². The lowest BCUT2D eigenvalue weighted by Crippen LogP contribution is -2.46. The molecule has 0 saturated carbocycles. The van der Waals surface area contributed by atoms with Crippen molar-refractivity contribution in [2.75, 3.05) is 32.8 Å². The number of rotatable bonds is 6. The number of nitrogens with zero attached hydrogens (tertiary/aromatic N) is 2. The van der Waals surface area contributed by atoms with E-state index < -0.39 is 0 Å². The van der Waals surface area contributed by atoms with Gasteiger partial charge in [-0.2, -0.15) is 0 Å². The highest BCUT2D eigenvalue weighted by Crippen LogP contribution is 2.03. The number of urea groups is 1. The fourth-order valence-electron chi connectivity index (χ4n) is 1.76. The van der Waals surface area contributed by atoms with Crippen LogP contribution in [0.4, 0.5) is 4.79 Å². The van der Waals surface area contributed by atoms with Crippen molar-refractivity contribution in [2.45, 2.75) is 26.8 Å². The summed E-state index contributed by atoms with van der Waals surface area (Å²) in [7, 11) is 0. The minimum absolute atomic E-state index is 0.0130. The van der Waals surface area contributed by atoms with Crippen LogP contribution >= 0.6 is 0 Å². The molecule has 19 heavy (non-hydrogen) atoms. The van der Waals surface area contributed by atoms with Crippen LogP contribution in [0.1, 0.15) is 20.8 Å². The third kappa shape index (κ3) is 4.51. The van der Waals surface area contributed by atoms with Crippen LogP contribution in [0.2, 0.25) is 0 Å². The van der Waals surface area contributed by atoms with E-state index in [1.807, 2.05) is 13.8 Å². The first kappa shape index (κ1) is 15.4. The molecule has 1 N–H and O–H groups in total. The number of imide groups is 1. The number of nitrogens with one attached hydrogen (secondary N) is 1. The molecule has 0 radical (unpaired) electrons. The van der Waals surface area contributed by atoms with E-state index in [4.69, 9.17) is 4.74 Å². The van der Waals surface area contributed by atoms with Gasteiger partial charge >= 0.3 is 12.0 Å². The molecular weight excluding hydrogens is 250 g/mol. The monoisotopic (exact) mass is 271 g/mol. The van der Waals surface area contributed by atoms with Gasteiger partial charge in [-0.3, -0.25) is 19.4 Å². The van der Waals surface area contributed by atoms with Gasteiger partial charge in [0.25, 0.3) is 0 Å². The standard InChI is InChI=1S/C12H21N3O4/c1-4-19-11(17)8-14(9(2)3)7-10(16)15-6-5-13-12(15)18/h9H,4-8H2,1-3H3,(H,13,18). The van der Waals surface area contributed by atoms with E-state index in [0.29, 0.717) is 19.7 Å². The van der Waals surface area contributed by atoms with Crippen molar-refractivity contribution in [1.82, 2.24) is 15.1 Å². The van der Waals surface area contributed by atoms with Gasteiger partial charge in [0.15, 0.2) is 0 Å². The van der Waals surface area contributed by atoms with Crippen LogP contribution in [0.15, 0.2) is 0 Å². The Morgan fingerprint density at radius 1 is 1.42 bits per heavy atom. The number of esters is 1. The van der Waals surface area contributed by atoms with Crippen LogP contribution in [0.5, 0.6) is 0 Å². The average molecular weight is 271 g/mol. The van der Waals surface area contributed by atoms with Crippen molar-refractivity contribution < 1.29 is 19.1 Å². The van der Waals surface area contributed by atoms with Crippen LogP contribution in [0.25, 0.3) is 0 Å². The summed E-state index contributed by atoms with van der Waals surface area (Å²) in [5, 5.41) is 2.57. The molecule has 1 fully saturated rings. The molecular formula is C12H21N3O4. The Morgan fingerprint density at radius 2 is 2.11 bits per heavy atom. The summed E-state index contributed by atoms with van der Waals surface area (Å²) in [6, 6.07) is -0.358. The number of carbonyl (C=O) groups excluding carboxylic acids is 3. The van der Waals surface area contributed by atoms with Crippen molar-refractivity contribution in [2.24, 2.45) is 0 Å². The first-order chi connectivity index (χ1) is 8.95. The minimum atomic E-state index is -0.371. The van der Waals surface area contributed by atoms with Crippen LogP contribution < -0.4 is 5.32 Å². The summed E-state index contributed by atoms with van der Waals surface area (Å²) < 4.78 is 4.87. The molecule has 0 aromatic rings. The van der Waals surface area contributed by atoms with Gasteiger partial charge in [-0.25, -0.2) is 4.79 Å². The van der Waals surface area contributed by atoms with Gasteiger partial charge in [0.1, 0.15) is 0 Å². The minimum Gasteiger partial charge on any atom is -0.465 e. The molecule has 108 valence electrons. The molecule has 1 aliphatic rings. The van der Waals surface area contributed by atoms with Crippen molar-refractivity contribution in [3.63, 3.8) is 0 Å². The van der Waals surface area contributed by atoms with E-state index in [-0.39, 0.29) is 37.0 Å². The van der Waals surface area contributed by atoms with Crippen LogP contribution in [0, 0.1) is 0 Å². The third-order valence-electron chi connectivity index (χ3n) is 2.86. The Balaban J connectivity index is 2.55. The third-order valence-corrected chi connectivity index (χ3v) is 2.86. The fraction of sp³-hybridized carbons (Fsp3) is 0.750. The summed E-state index contributed by atoms with van der Waals surface area (Å²) in [4.78, 5) is 37.7. The molecule has 0 spiro atoms. The van der Waals surface area contributed by atoms with Crippen molar-refractivity contribution in [3.05, 3.63) is 0 Å². The van der Waals surface area contributed by atoms with E-state index in [2.05, 4.69) is 5.32 Å². The molecule has 0 aliphatic carbocycles. The van der Waals surface area contributed by atoms with Gasteiger partial charge in [-0.15, -0.1) is 0 Å². The highest BCUT2D eigenvalue weighted by Gasteiger charge is 2.28. The van der Waals surface area contributed by atoms with Gasteiger partial charge in [-0.05, 0) is 20.8 Å². The summed E-state index contributed by atoms with van der Waals surface area (Å²) in [5.41, 5.74) is 0. The number of ether oxygens (including phenoxy) is 1. The molecule has 1 saturated heterocycles. The second kappa shape index (κ2) is 7.08. The fourth-order valence-corrected chi connectivity index (χ4v) is 1.76. The zero-order valence-electron chi connectivity index (χ0n) is 11.6. The van der Waals surface area contributed by atoms with Crippen LogP contribution in [-0.2, 0) is 14.3 Å². The smallest absolute Gasteiger partial charge is 0.324 e. The maximum absolute atomic E-state index is 12.0. The van der Waals surface area contributed by atoms with Gasteiger partial charge in [0.05, 0.1) is 19.7 Å². The Labute approximate surface area is 112 Å². The van der Waals surface area contributed by atoms with Crippen LogP contribution in [-0.4, -0.2) is 66.5 Å². The molecule has 7 heteroatoms. The van der Waals surface area contributed by atoms with Crippen molar-refractivity contribution in [1.29, 1.82) is 0 Å². The van der Waals surface area contributed by atoms with Gasteiger partial charge in [0.2, 0.25) is 5.91 Å². The molecule has 0 atom stereocenters. The van der Waals surface area contributed by atoms with Crippen molar-refractivity contribution in [3.8, 4) is 0 Å². The largest absolute Gasteiger partial charge is 0.465 e. The van der Waals surface area contributed by atoms with Crippen LogP contribution in [0.3, 0.4) is 0 Å². The lowest BCUT2D eigenvalue weighted by atomic mass is 10.3. The topological polar surface area (TPSA) is 79.0 Å². The van der Waals surface area contributed by atoms with E-state index in [9.17, 15) is 14.4 Å². The Kier molecular flexibility index (Phi) is 5.75. The Morgan fingerprint density at radius 3 is 2.58 bits per heavy atom. The molecule has 0 aromatic carbocycles. The maximum atomic E-state index is 12.0. The number of hydrogen-bond donors (Lipinski definition) is 1. The second-order valence-electron chi connectivity index (χ2n) is 4.58. The predicted molar refractivity (Wildman–Crippen MR) is 68.5 cm³/mol. The lowest BCUT2D eigenvalue weighted by Gasteiger charge is -2.26. The number of amides is 3. The Bertz CT molecular complexity index is 357. The molecule has 1 rings (SSSR count). The van der Waals surface area contributed by atoms with Crippen molar-refractivity contribution >= 4 is 17.9 Å². The normalized spacial score (nSPS) is 15.0. The zero-order valence-corrected chi connectivity index (χ0v) is 11.6. The molecule has 1 aliphatic heterocycles. The molecule has 0 unspecified atom stereocenters. The second-order valence-corrected chi connectivity index (χ2v) is 4.58. The summed E-state index contributed by atoms with van der Waals surface area (Å²) in [6.07, 6.45) is 0. The Hall–Kier alpha value is -1.63. The van der Waals surface area contributed by atoms with Gasteiger partial charge < -0.3 is 10.1 Å². The first-order valence-corrected chi connectivity index (χ1v) is 6.43. The average Bonchev–Trinajstić information content (AvgIpc) is 2.74. The first-order valence-electron chi connectivity index (χ1n) is 6.43. The summed E-state index contributed by atoms with van der Waals surface area (Å²) in [6.45, 7) is 6.75. The molecule has 7 nitrogen and oxygen atoms in total. The SMILES string of the molecule is CCOC(=O)CN(CC(=O)N1CCNC1=O)C(C)C. The predicted octanol–water partition coefficient (Wildman–Crippen LogP) is -0.188. The summed E-state index contributed by atoms with van der Waals surface area (Å²) in [5.74, 6) is -0.664. The molecule has 0 aromatic heterocycles. The molecule has 3 amide bonds. The van der Waals surface area contributed by atoms with E-state index in [1.165, 1.54) is 4.90 Å². The summed E-state index contributed by atoms with van der Waals surface area (Å²) >= 11 is 0. The lowest BCUT2D eigenvalue weighted by molar-refractivity contribution is -0.145. The quantitative estimate of drug-likeness (QED) is 0.677. The van der Waals surface area contributed by atoms with E-state index >= 15 is 0 Å². The van der Waals surface area contributed by atoms with E-state index in [1.54, 1.807) is 11.8 Å². The number of hydrogen-bond acceptors (Lipinski definition) is 5.